The third kappa shape index (κ3) is 3.01. The van der Waals surface area contributed by atoms with Crippen LogP contribution in [0, 0.1) is 11.8 Å². The Labute approximate surface area is 106 Å². The van der Waals surface area contributed by atoms with Crippen LogP contribution in [-0.4, -0.2) is 55.1 Å². The van der Waals surface area contributed by atoms with E-state index in [1.54, 1.807) is 0 Å². The van der Waals surface area contributed by atoms with Crippen LogP contribution in [0.2, 0.25) is 0 Å². The Morgan fingerprint density at radius 3 is 2.53 bits per heavy atom. The van der Waals surface area contributed by atoms with Crippen LogP contribution < -0.4 is 5.73 Å². The second-order valence-corrected chi connectivity index (χ2v) is 6.31. The molecule has 1 saturated carbocycles. The molecule has 2 N–H and O–H groups in total. The van der Waals surface area contributed by atoms with E-state index in [0.29, 0.717) is 6.04 Å². The standard InChI is InChI=1S/C14H29N3/c1-11-4-5-13(8-12(11)2)17-7-6-16(3)10-14(17)9-15/h11-14H,4-10,15H2,1-3H3. The summed E-state index contributed by atoms with van der Waals surface area (Å²) in [6.45, 7) is 9.21. The van der Waals surface area contributed by atoms with Crippen molar-refractivity contribution in [2.75, 3.05) is 33.2 Å². The van der Waals surface area contributed by atoms with Gasteiger partial charge in [0, 0.05) is 38.3 Å². The van der Waals surface area contributed by atoms with Gasteiger partial charge in [0.1, 0.15) is 0 Å². The van der Waals surface area contributed by atoms with Gasteiger partial charge in [-0.15, -0.1) is 0 Å². The summed E-state index contributed by atoms with van der Waals surface area (Å²) in [4.78, 5) is 5.13. The van der Waals surface area contributed by atoms with Crippen molar-refractivity contribution in [3.8, 4) is 0 Å². The Morgan fingerprint density at radius 2 is 1.88 bits per heavy atom. The van der Waals surface area contributed by atoms with E-state index < -0.39 is 0 Å². The van der Waals surface area contributed by atoms with Gasteiger partial charge in [-0.1, -0.05) is 13.8 Å². The van der Waals surface area contributed by atoms with Crippen molar-refractivity contribution >= 4 is 0 Å². The number of hydrogen-bond acceptors (Lipinski definition) is 3. The first-order valence-electron chi connectivity index (χ1n) is 7.26. The van der Waals surface area contributed by atoms with Gasteiger partial charge in [-0.2, -0.15) is 0 Å². The molecule has 3 nitrogen and oxygen atoms in total. The maximum absolute atomic E-state index is 5.96. The summed E-state index contributed by atoms with van der Waals surface area (Å²) in [5, 5.41) is 0. The van der Waals surface area contributed by atoms with E-state index in [9.17, 15) is 0 Å². The molecule has 4 unspecified atom stereocenters. The maximum Gasteiger partial charge on any atom is 0.0349 e. The molecule has 17 heavy (non-hydrogen) atoms. The van der Waals surface area contributed by atoms with Gasteiger partial charge in [0.15, 0.2) is 0 Å². The normalized spacial score (nSPS) is 41.6. The first-order chi connectivity index (χ1) is 8.11. The van der Waals surface area contributed by atoms with Gasteiger partial charge >= 0.3 is 0 Å². The predicted octanol–water partition coefficient (Wildman–Crippen LogP) is 1.39. The van der Waals surface area contributed by atoms with Gasteiger partial charge in [0.05, 0.1) is 0 Å². The Balaban J connectivity index is 1.96. The van der Waals surface area contributed by atoms with Gasteiger partial charge in [-0.3, -0.25) is 4.90 Å². The molecule has 4 atom stereocenters. The number of nitrogens with zero attached hydrogens (tertiary/aromatic N) is 2. The molecule has 2 rings (SSSR count). The third-order valence-corrected chi connectivity index (χ3v) is 5.04. The van der Waals surface area contributed by atoms with E-state index in [-0.39, 0.29) is 0 Å². The average molecular weight is 239 g/mol. The van der Waals surface area contributed by atoms with Crippen LogP contribution >= 0.6 is 0 Å². The topological polar surface area (TPSA) is 32.5 Å². The summed E-state index contributed by atoms with van der Waals surface area (Å²) < 4.78 is 0. The highest BCUT2D eigenvalue weighted by Gasteiger charge is 2.34. The zero-order valence-electron chi connectivity index (χ0n) is 11.7. The van der Waals surface area contributed by atoms with Crippen molar-refractivity contribution in [1.29, 1.82) is 0 Å². The van der Waals surface area contributed by atoms with Gasteiger partial charge in [0.25, 0.3) is 0 Å². The fourth-order valence-corrected chi connectivity index (χ4v) is 3.54. The Morgan fingerprint density at radius 1 is 1.12 bits per heavy atom. The van der Waals surface area contributed by atoms with Crippen LogP contribution in [0.1, 0.15) is 33.1 Å². The van der Waals surface area contributed by atoms with E-state index in [1.165, 1.54) is 32.4 Å². The summed E-state index contributed by atoms with van der Waals surface area (Å²) in [7, 11) is 2.21. The van der Waals surface area contributed by atoms with Crippen LogP contribution in [0.15, 0.2) is 0 Å². The number of nitrogens with two attached hydrogens (primary N) is 1. The number of piperazine rings is 1. The van der Waals surface area contributed by atoms with Gasteiger partial charge in [-0.25, -0.2) is 0 Å². The largest absolute Gasteiger partial charge is 0.329 e. The molecule has 0 aromatic carbocycles. The van der Waals surface area contributed by atoms with Crippen molar-refractivity contribution in [3.05, 3.63) is 0 Å². The average Bonchev–Trinajstić information content (AvgIpc) is 2.32. The molecular weight excluding hydrogens is 210 g/mol. The summed E-state index contributed by atoms with van der Waals surface area (Å²) in [5.41, 5.74) is 5.96. The smallest absolute Gasteiger partial charge is 0.0349 e. The lowest BCUT2D eigenvalue weighted by atomic mass is 9.78. The fourth-order valence-electron chi connectivity index (χ4n) is 3.54. The predicted molar refractivity (Wildman–Crippen MR) is 73.0 cm³/mol. The fraction of sp³-hybridized carbons (Fsp3) is 1.00. The summed E-state index contributed by atoms with van der Waals surface area (Å²) in [6.07, 6.45) is 4.16. The second kappa shape index (κ2) is 5.68. The van der Waals surface area contributed by atoms with Crippen molar-refractivity contribution in [2.45, 2.75) is 45.2 Å². The molecule has 0 bridgehead atoms. The molecule has 1 saturated heterocycles. The van der Waals surface area contributed by atoms with Gasteiger partial charge in [0.2, 0.25) is 0 Å². The minimum atomic E-state index is 0.583. The molecule has 100 valence electrons. The highest BCUT2D eigenvalue weighted by Crippen LogP contribution is 2.33. The van der Waals surface area contributed by atoms with Crippen molar-refractivity contribution in [1.82, 2.24) is 9.80 Å². The lowest BCUT2D eigenvalue weighted by molar-refractivity contribution is 0.0236. The zero-order chi connectivity index (χ0) is 12.4. The Hall–Kier alpha value is -0.120. The van der Waals surface area contributed by atoms with Crippen LogP contribution in [0.5, 0.6) is 0 Å². The third-order valence-electron chi connectivity index (χ3n) is 5.04. The Bertz CT molecular complexity index is 244. The molecule has 0 amide bonds. The van der Waals surface area contributed by atoms with Crippen molar-refractivity contribution in [3.63, 3.8) is 0 Å². The molecule has 2 aliphatic rings. The Kier molecular flexibility index (Phi) is 4.45. The lowest BCUT2D eigenvalue weighted by Crippen LogP contribution is -2.59. The first-order valence-corrected chi connectivity index (χ1v) is 7.26. The van der Waals surface area contributed by atoms with Crippen LogP contribution in [0.3, 0.4) is 0 Å². The highest BCUT2D eigenvalue weighted by molar-refractivity contribution is 4.89. The molecule has 1 aliphatic heterocycles. The molecule has 0 aromatic rings. The number of likely N-dealkylation sites (N-methyl/N-ethyl adjacent to an activating group) is 1. The van der Waals surface area contributed by atoms with Crippen molar-refractivity contribution < 1.29 is 0 Å². The number of hydrogen-bond donors (Lipinski definition) is 1. The maximum atomic E-state index is 5.96. The van der Waals surface area contributed by atoms with E-state index in [4.69, 9.17) is 5.73 Å². The highest BCUT2D eigenvalue weighted by atomic mass is 15.3. The van der Waals surface area contributed by atoms with E-state index in [0.717, 1.165) is 31.0 Å². The first kappa shape index (κ1) is 13.3. The van der Waals surface area contributed by atoms with Crippen molar-refractivity contribution in [2.24, 2.45) is 17.6 Å². The van der Waals surface area contributed by atoms with E-state index >= 15 is 0 Å². The molecule has 0 radical (unpaired) electrons. The van der Waals surface area contributed by atoms with Crippen LogP contribution in [0.4, 0.5) is 0 Å². The van der Waals surface area contributed by atoms with Gasteiger partial charge < -0.3 is 10.6 Å². The second-order valence-electron chi connectivity index (χ2n) is 6.31. The summed E-state index contributed by atoms with van der Waals surface area (Å²) in [6, 6.07) is 1.38. The molecule has 2 fully saturated rings. The van der Waals surface area contributed by atoms with Gasteiger partial charge in [-0.05, 0) is 38.1 Å². The zero-order valence-corrected chi connectivity index (χ0v) is 11.7. The minimum Gasteiger partial charge on any atom is -0.329 e. The molecular formula is C14H29N3. The quantitative estimate of drug-likeness (QED) is 0.790. The van der Waals surface area contributed by atoms with E-state index in [1.807, 2.05) is 0 Å². The van der Waals surface area contributed by atoms with E-state index in [2.05, 4.69) is 30.7 Å². The monoisotopic (exact) mass is 239 g/mol. The summed E-state index contributed by atoms with van der Waals surface area (Å²) >= 11 is 0. The molecule has 3 heteroatoms. The number of rotatable bonds is 2. The lowest BCUT2D eigenvalue weighted by Gasteiger charge is -2.47. The summed E-state index contributed by atoms with van der Waals surface area (Å²) in [5.74, 6) is 1.79. The molecule has 1 aliphatic carbocycles. The van der Waals surface area contributed by atoms with Crippen LogP contribution in [0.25, 0.3) is 0 Å². The molecule has 1 heterocycles. The molecule has 0 spiro atoms. The molecule has 0 aromatic heterocycles. The SMILES string of the molecule is CC1CCC(N2CCN(C)CC2CN)CC1C. The minimum absolute atomic E-state index is 0.583. The van der Waals surface area contributed by atoms with Crippen LogP contribution in [-0.2, 0) is 0 Å².